The van der Waals surface area contributed by atoms with Gasteiger partial charge in [-0.2, -0.15) is 0 Å². The Hall–Kier alpha value is -2.19. The first-order chi connectivity index (χ1) is 12.6. The molecule has 2 heterocycles. The Morgan fingerprint density at radius 3 is 2.73 bits per heavy atom. The molecule has 0 radical (unpaired) electrons. The Bertz CT molecular complexity index is 889. The molecule has 3 aromatic rings. The highest BCUT2D eigenvalue weighted by molar-refractivity contribution is 7.98. The SMILES string of the molecule is CCc1nc(SCc2csc(N(C(C)=O)c3ccccc3CC)n2)n[nH]1. The van der Waals surface area contributed by atoms with Crippen molar-refractivity contribution in [2.75, 3.05) is 4.90 Å². The smallest absolute Gasteiger partial charge is 0.230 e. The number of thioether (sulfide) groups is 1. The molecule has 1 amide bonds. The molecule has 0 aliphatic heterocycles. The standard InChI is InChI=1S/C18H21N5OS2/c1-4-13-8-6-7-9-15(13)23(12(3)24)18-19-14(11-26-18)10-25-17-20-16(5-2)21-22-17/h6-9,11H,4-5,10H2,1-3H3,(H,20,21,22). The van der Waals surface area contributed by atoms with Crippen LogP contribution < -0.4 is 4.90 Å². The van der Waals surface area contributed by atoms with Crippen LogP contribution in [0.15, 0.2) is 34.8 Å². The number of benzene rings is 1. The second kappa shape index (κ2) is 8.46. The molecule has 8 heteroatoms. The number of carbonyl (C=O) groups excluding carboxylic acids is 1. The van der Waals surface area contributed by atoms with Crippen LogP contribution in [0, 0.1) is 0 Å². The number of nitrogens with zero attached hydrogens (tertiary/aromatic N) is 4. The van der Waals surface area contributed by atoms with E-state index in [4.69, 9.17) is 0 Å². The van der Waals surface area contributed by atoms with E-state index < -0.39 is 0 Å². The predicted molar refractivity (Wildman–Crippen MR) is 106 cm³/mol. The van der Waals surface area contributed by atoms with Crippen molar-refractivity contribution in [2.24, 2.45) is 0 Å². The maximum atomic E-state index is 12.3. The van der Waals surface area contributed by atoms with Gasteiger partial charge < -0.3 is 0 Å². The van der Waals surface area contributed by atoms with Gasteiger partial charge in [-0.1, -0.05) is 43.8 Å². The van der Waals surface area contributed by atoms with E-state index >= 15 is 0 Å². The zero-order valence-corrected chi connectivity index (χ0v) is 16.7. The summed E-state index contributed by atoms with van der Waals surface area (Å²) >= 11 is 3.01. The summed E-state index contributed by atoms with van der Waals surface area (Å²) in [4.78, 5) is 23.0. The first-order valence-electron chi connectivity index (χ1n) is 8.49. The van der Waals surface area contributed by atoms with Gasteiger partial charge in [0.05, 0.1) is 11.4 Å². The number of aromatic nitrogens is 4. The number of thiazole rings is 1. The van der Waals surface area contributed by atoms with Crippen LogP contribution in [0.5, 0.6) is 0 Å². The van der Waals surface area contributed by atoms with Crippen molar-refractivity contribution in [2.45, 2.75) is 44.5 Å². The molecule has 0 saturated heterocycles. The van der Waals surface area contributed by atoms with Crippen molar-refractivity contribution in [1.29, 1.82) is 0 Å². The first kappa shape index (κ1) is 18.6. The number of aromatic amines is 1. The number of aryl methyl sites for hydroxylation is 2. The maximum Gasteiger partial charge on any atom is 0.230 e. The minimum atomic E-state index is -0.0407. The van der Waals surface area contributed by atoms with Crippen LogP contribution in [-0.4, -0.2) is 26.1 Å². The molecule has 0 saturated carbocycles. The fourth-order valence-corrected chi connectivity index (χ4v) is 4.23. The van der Waals surface area contributed by atoms with Crippen LogP contribution in [0.4, 0.5) is 10.8 Å². The largest absolute Gasteiger partial charge is 0.274 e. The van der Waals surface area contributed by atoms with E-state index in [1.54, 1.807) is 11.8 Å². The quantitative estimate of drug-likeness (QED) is 0.610. The number of amides is 1. The van der Waals surface area contributed by atoms with E-state index in [0.717, 1.165) is 40.8 Å². The van der Waals surface area contributed by atoms with Crippen molar-refractivity contribution in [3.8, 4) is 0 Å². The van der Waals surface area contributed by atoms with Gasteiger partial charge in [-0.3, -0.25) is 14.8 Å². The molecule has 26 heavy (non-hydrogen) atoms. The van der Waals surface area contributed by atoms with Gasteiger partial charge in [-0.15, -0.1) is 16.4 Å². The molecule has 0 atom stereocenters. The summed E-state index contributed by atoms with van der Waals surface area (Å²) in [5, 5.41) is 10.5. The maximum absolute atomic E-state index is 12.3. The summed E-state index contributed by atoms with van der Waals surface area (Å²) in [6.07, 6.45) is 1.69. The molecular weight excluding hydrogens is 366 g/mol. The summed E-state index contributed by atoms with van der Waals surface area (Å²) in [5.74, 6) is 1.50. The topological polar surface area (TPSA) is 74.8 Å². The van der Waals surface area contributed by atoms with E-state index in [1.165, 1.54) is 23.1 Å². The lowest BCUT2D eigenvalue weighted by Crippen LogP contribution is -2.23. The molecule has 2 aromatic heterocycles. The Kier molecular flexibility index (Phi) is 6.05. The predicted octanol–water partition coefficient (Wildman–Crippen LogP) is 4.36. The highest BCUT2D eigenvalue weighted by Gasteiger charge is 2.20. The van der Waals surface area contributed by atoms with Gasteiger partial charge >= 0.3 is 0 Å². The fraction of sp³-hybridized carbons (Fsp3) is 0.333. The summed E-state index contributed by atoms with van der Waals surface area (Å²) in [5.41, 5.74) is 2.94. The van der Waals surface area contributed by atoms with Crippen LogP contribution in [0.25, 0.3) is 0 Å². The third-order valence-electron chi connectivity index (χ3n) is 3.85. The molecule has 0 spiro atoms. The van der Waals surface area contributed by atoms with Gasteiger partial charge in [0, 0.05) is 24.5 Å². The van der Waals surface area contributed by atoms with E-state index in [2.05, 4.69) is 27.1 Å². The first-order valence-corrected chi connectivity index (χ1v) is 10.4. The van der Waals surface area contributed by atoms with Gasteiger partial charge in [0.1, 0.15) is 5.82 Å². The summed E-state index contributed by atoms with van der Waals surface area (Å²) in [6.45, 7) is 5.69. The lowest BCUT2D eigenvalue weighted by molar-refractivity contribution is -0.115. The van der Waals surface area contributed by atoms with Crippen molar-refractivity contribution >= 4 is 39.8 Å². The van der Waals surface area contributed by atoms with Gasteiger partial charge in [0.2, 0.25) is 11.1 Å². The van der Waals surface area contributed by atoms with Crippen LogP contribution in [0.2, 0.25) is 0 Å². The number of anilines is 2. The molecule has 0 aliphatic carbocycles. The summed E-state index contributed by atoms with van der Waals surface area (Å²) in [7, 11) is 0. The van der Waals surface area contributed by atoms with Crippen molar-refractivity contribution in [3.63, 3.8) is 0 Å². The average molecular weight is 388 g/mol. The van der Waals surface area contributed by atoms with E-state index in [1.807, 2.05) is 36.6 Å². The number of H-pyrrole nitrogens is 1. The Morgan fingerprint density at radius 2 is 2.04 bits per heavy atom. The highest BCUT2D eigenvalue weighted by atomic mass is 32.2. The molecular formula is C18H21N5OS2. The second-order valence-corrected chi connectivity index (χ2v) is 7.44. The fourth-order valence-electron chi connectivity index (χ4n) is 2.54. The number of hydrogen-bond acceptors (Lipinski definition) is 6. The van der Waals surface area contributed by atoms with E-state index in [0.29, 0.717) is 10.9 Å². The van der Waals surface area contributed by atoms with Gasteiger partial charge in [0.25, 0.3) is 0 Å². The van der Waals surface area contributed by atoms with E-state index in [9.17, 15) is 4.79 Å². The summed E-state index contributed by atoms with van der Waals surface area (Å²) in [6, 6.07) is 7.95. The van der Waals surface area contributed by atoms with Crippen molar-refractivity contribution in [3.05, 3.63) is 46.7 Å². The van der Waals surface area contributed by atoms with Crippen LogP contribution >= 0.6 is 23.1 Å². The number of nitrogens with one attached hydrogen (secondary N) is 1. The third kappa shape index (κ3) is 4.13. The lowest BCUT2D eigenvalue weighted by Gasteiger charge is -2.20. The second-order valence-electron chi connectivity index (χ2n) is 5.67. The third-order valence-corrected chi connectivity index (χ3v) is 5.61. The molecule has 1 N–H and O–H groups in total. The molecule has 6 nitrogen and oxygen atoms in total. The molecule has 0 bridgehead atoms. The van der Waals surface area contributed by atoms with Crippen LogP contribution in [0.3, 0.4) is 0 Å². The summed E-state index contributed by atoms with van der Waals surface area (Å²) < 4.78 is 0. The Labute approximate surface area is 161 Å². The van der Waals surface area contributed by atoms with Crippen LogP contribution in [-0.2, 0) is 23.4 Å². The average Bonchev–Trinajstić information content (AvgIpc) is 3.29. The van der Waals surface area contributed by atoms with Gasteiger partial charge in [0.15, 0.2) is 5.13 Å². The van der Waals surface area contributed by atoms with E-state index in [-0.39, 0.29) is 5.91 Å². The molecule has 136 valence electrons. The highest BCUT2D eigenvalue weighted by Crippen LogP contribution is 2.32. The minimum Gasteiger partial charge on any atom is -0.274 e. The molecule has 0 aliphatic rings. The van der Waals surface area contributed by atoms with Crippen LogP contribution in [0.1, 0.15) is 37.9 Å². The normalized spacial score (nSPS) is 10.9. The van der Waals surface area contributed by atoms with Gasteiger partial charge in [-0.05, 0) is 18.1 Å². The number of para-hydroxylation sites is 1. The van der Waals surface area contributed by atoms with Crippen molar-refractivity contribution in [1.82, 2.24) is 20.2 Å². The Balaban J connectivity index is 1.78. The number of rotatable bonds is 7. The minimum absolute atomic E-state index is 0.0407. The number of carbonyl (C=O) groups is 1. The van der Waals surface area contributed by atoms with Crippen molar-refractivity contribution < 1.29 is 4.79 Å². The van der Waals surface area contributed by atoms with Gasteiger partial charge in [-0.25, -0.2) is 9.97 Å². The number of hydrogen-bond donors (Lipinski definition) is 1. The molecule has 0 fully saturated rings. The lowest BCUT2D eigenvalue weighted by atomic mass is 10.1. The monoisotopic (exact) mass is 387 g/mol. The zero-order chi connectivity index (χ0) is 18.5. The molecule has 1 aromatic carbocycles. The zero-order valence-electron chi connectivity index (χ0n) is 15.0. The molecule has 0 unspecified atom stereocenters. The Morgan fingerprint density at radius 1 is 1.23 bits per heavy atom. The molecule has 3 rings (SSSR count).